The molecule has 0 atom stereocenters. The van der Waals surface area contributed by atoms with E-state index < -0.39 is 5.97 Å². The summed E-state index contributed by atoms with van der Waals surface area (Å²) in [5, 5.41) is 18.8. The van der Waals surface area contributed by atoms with Gasteiger partial charge in [-0.15, -0.1) is 0 Å². The molecule has 2 rings (SSSR count). The molecule has 0 aromatic heterocycles. The predicted octanol–water partition coefficient (Wildman–Crippen LogP) is 3.42. The second-order valence-corrected chi connectivity index (χ2v) is 4.75. The first-order chi connectivity index (χ1) is 11.0. The van der Waals surface area contributed by atoms with Crippen molar-refractivity contribution in [3.8, 4) is 17.2 Å². The molecule has 2 aromatic rings. The molecular formula is C18H18O5. The van der Waals surface area contributed by atoms with Crippen LogP contribution >= 0.6 is 0 Å². The summed E-state index contributed by atoms with van der Waals surface area (Å²) in [6, 6.07) is 11.2. The highest BCUT2D eigenvalue weighted by molar-refractivity contribution is 6.20. The van der Waals surface area contributed by atoms with Gasteiger partial charge in [-0.25, -0.2) is 4.79 Å². The number of ether oxygens (including phenoxy) is 2. The van der Waals surface area contributed by atoms with Crippen LogP contribution in [0.4, 0.5) is 0 Å². The zero-order valence-electron chi connectivity index (χ0n) is 12.9. The molecule has 0 aliphatic carbocycles. The second kappa shape index (κ2) is 7.35. The van der Waals surface area contributed by atoms with Gasteiger partial charge in [0.05, 0.1) is 19.3 Å². The molecule has 0 amide bonds. The number of aliphatic carboxylic acids is 1. The lowest BCUT2D eigenvalue weighted by Gasteiger charge is -2.10. The van der Waals surface area contributed by atoms with E-state index in [0.717, 1.165) is 0 Å². The van der Waals surface area contributed by atoms with Crippen molar-refractivity contribution in [1.82, 2.24) is 0 Å². The number of phenolic OH excluding ortho intramolecular Hbond substituents is 1. The smallest absolute Gasteiger partial charge is 0.336 e. The molecule has 5 nitrogen and oxygen atoms in total. The Morgan fingerprint density at radius 1 is 1.13 bits per heavy atom. The first-order valence-electron chi connectivity index (χ1n) is 7.10. The molecule has 0 aliphatic heterocycles. The van der Waals surface area contributed by atoms with Crippen LogP contribution in [0.25, 0.3) is 11.6 Å². The fraction of sp³-hybridized carbons (Fsp3) is 0.167. The number of methoxy groups -OCH3 is 1. The van der Waals surface area contributed by atoms with Gasteiger partial charge in [0, 0.05) is 0 Å². The maximum absolute atomic E-state index is 11.5. The molecule has 2 aromatic carbocycles. The Hall–Kier alpha value is -2.95. The number of hydrogen-bond donors (Lipinski definition) is 2. The Balaban J connectivity index is 2.45. The van der Waals surface area contributed by atoms with Gasteiger partial charge in [-0.3, -0.25) is 0 Å². The SMILES string of the molecule is CCOc1cc(/C=C(\C(=O)O)c2ccc(O)cc2)ccc1OC. The van der Waals surface area contributed by atoms with Crippen molar-refractivity contribution in [1.29, 1.82) is 0 Å². The Kier molecular flexibility index (Phi) is 5.25. The number of carbonyl (C=O) groups is 1. The van der Waals surface area contributed by atoms with Gasteiger partial charge in [-0.2, -0.15) is 0 Å². The summed E-state index contributed by atoms with van der Waals surface area (Å²) in [5.74, 6) is 0.177. The predicted molar refractivity (Wildman–Crippen MR) is 87.8 cm³/mol. The number of phenols is 1. The molecule has 0 aliphatic rings. The normalized spacial score (nSPS) is 11.1. The standard InChI is InChI=1S/C18H18O5/c1-3-23-17-11-12(4-9-16(17)22-2)10-15(18(20)21)13-5-7-14(19)8-6-13/h4-11,19H,3H2,1-2H3,(H,20,21)/b15-10-. The third-order valence-corrected chi connectivity index (χ3v) is 3.21. The molecule has 23 heavy (non-hydrogen) atoms. The summed E-state index contributed by atoms with van der Waals surface area (Å²) < 4.78 is 10.7. The van der Waals surface area contributed by atoms with Crippen LogP contribution in [0.3, 0.4) is 0 Å². The van der Waals surface area contributed by atoms with E-state index in [1.807, 2.05) is 6.92 Å². The first-order valence-corrected chi connectivity index (χ1v) is 7.10. The molecule has 2 N–H and O–H groups in total. The fourth-order valence-electron chi connectivity index (χ4n) is 2.13. The van der Waals surface area contributed by atoms with E-state index in [4.69, 9.17) is 9.47 Å². The molecule has 0 fully saturated rings. The highest BCUT2D eigenvalue weighted by atomic mass is 16.5. The van der Waals surface area contributed by atoms with Crippen LogP contribution in [0.1, 0.15) is 18.1 Å². The van der Waals surface area contributed by atoms with E-state index in [1.165, 1.54) is 12.1 Å². The van der Waals surface area contributed by atoms with Crippen molar-refractivity contribution < 1.29 is 24.5 Å². The van der Waals surface area contributed by atoms with Crippen molar-refractivity contribution in [2.75, 3.05) is 13.7 Å². The Morgan fingerprint density at radius 3 is 2.39 bits per heavy atom. The number of rotatable bonds is 6. The summed E-state index contributed by atoms with van der Waals surface area (Å²) in [5.41, 5.74) is 1.31. The van der Waals surface area contributed by atoms with Crippen LogP contribution in [-0.2, 0) is 4.79 Å². The topological polar surface area (TPSA) is 76.0 Å². The largest absolute Gasteiger partial charge is 0.508 e. The molecule has 0 unspecified atom stereocenters. The highest BCUT2D eigenvalue weighted by Crippen LogP contribution is 2.30. The zero-order valence-corrected chi connectivity index (χ0v) is 12.9. The van der Waals surface area contributed by atoms with Crippen LogP contribution in [0.5, 0.6) is 17.2 Å². The lowest BCUT2D eigenvalue weighted by atomic mass is 10.0. The van der Waals surface area contributed by atoms with Gasteiger partial charge >= 0.3 is 5.97 Å². The number of benzene rings is 2. The van der Waals surface area contributed by atoms with Gasteiger partial charge in [0.1, 0.15) is 5.75 Å². The van der Waals surface area contributed by atoms with Crippen LogP contribution < -0.4 is 9.47 Å². The van der Waals surface area contributed by atoms with Crippen LogP contribution in [0.15, 0.2) is 42.5 Å². The van der Waals surface area contributed by atoms with E-state index in [0.29, 0.717) is 29.2 Å². The number of carboxylic acid groups (broad SMARTS) is 1. The minimum Gasteiger partial charge on any atom is -0.508 e. The zero-order chi connectivity index (χ0) is 16.8. The van der Waals surface area contributed by atoms with Crippen LogP contribution in [0, 0.1) is 0 Å². The van der Waals surface area contributed by atoms with Crippen LogP contribution in [-0.4, -0.2) is 29.9 Å². The highest BCUT2D eigenvalue weighted by Gasteiger charge is 2.12. The third-order valence-electron chi connectivity index (χ3n) is 3.21. The van der Waals surface area contributed by atoms with Gasteiger partial charge in [-0.05, 0) is 48.4 Å². The van der Waals surface area contributed by atoms with E-state index in [2.05, 4.69) is 0 Å². The molecule has 5 heteroatoms. The minimum atomic E-state index is -1.05. The summed E-state index contributed by atoms with van der Waals surface area (Å²) in [4.78, 5) is 11.5. The molecule has 120 valence electrons. The number of carboxylic acids is 1. The minimum absolute atomic E-state index is 0.0848. The van der Waals surface area contributed by atoms with Crippen LogP contribution in [0.2, 0.25) is 0 Å². The summed E-state index contributed by atoms with van der Waals surface area (Å²) >= 11 is 0. The number of aromatic hydroxyl groups is 1. The molecule has 0 spiro atoms. The van der Waals surface area contributed by atoms with E-state index in [-0.39, 0.29) is 11.3 Å². The van der Waals surface area contributed by atoms with E-state index in [1.54, 1.807) is 43.5 Å². The fourth-order valence-corrected chi connectivity index (χ4v) is 2.13. The van der Waals surface area contributed by atoms with Crippen molar-refractivity contribution in [3.05, 3.63) is 53.6 Å². The van der Waals surface area contributed by atoms with Crippen molar-refractivity contribution in [3.63, 3.8) is 0 Å². The average molecular weight is 314 g/mol. The lowest BCUT2D eigenvalue weighted by molar-refractivity contribution is -0.130. The van der Waals surface area contributed by atoms with Gasteiger partial charge < -0.3 is 19.7 Å². The molecule has 0 heterocycles. The third kappa shape index (κ3) is 4.03. The molecule has 0 saturated heterocycles. The van der Waals surface area contributed by atoms with E-state index in [9.17, 15) is 15.0 Å². The average Bonchev–Trinajstić information content (AvgIpc) is 2.54. The van der Waals surface area contributed by atoms with Gasteiger partial charge in [0.2, 0.25) is 0 Å². The Bertz CT molecular complexity index is 717. The molecule has 0 radical (unpaired) electrons. The lowest BCUT2D eigenvalue weighted by Crippen LogP contribution is -2.00. The maximum Gasteiger partial charge on any atom is 0.336 e. The summed E-state index contributed by atoms with van der Waals surface area (Å²) in [7, 11) is 1.55. The number of hydrogen-bond acceptors (Lipinski definition) is 4. The first kappa shape index (κ1) is 16.4. The van der Waals surface area contributed by atoms with Crippen molar-refractivity contribution in [2.24, 2.45) is 0 Å². The monoisotopic (exact) mass is 314 g/mol. The maximum atomic E-state index is 11.5. The van der Waals surface area contributed by atoms with E-state index >= 15 is 0 Å². The Morgan fingerprint density at radius 2 is 1.83 bits per heavy atom. The van der Waals surface area contributed by atoms with Crippen molar-refractivity contribution in [2.45, 2.75) is 6.92 Å². The summed E-state index contributed by atoms with van der Waals surface area (Å²) in [6.07, 6.45) is 1.55. The van der Waals surface area contributed by atoms with Crippen molar-refractivity contribution >= 4 is 17.6 Å². The molecule has 0 saturated carbocycles. The quantitative estimate of drug-likeness (QED) is 0.631. The molecular weight excluding hydrogens is 296 g/mol. The second-order valence-electron chi connectivity index (χ2n) is 4.75. The van der Waals surface area contributed by atoms with Gasteiger partial charge in [0.15, 0.2) is 11.5 Å². The Labute approximate surface area is 134 Å². The van der Waals surface area contributed by atoms with Gasteiger partial charge in [-0.1, -0.05) is 18.2 Å². The summed E-state index contributed by atoms with van der Waals surface area (Å²) in [6.45, 7) is 2.34. The van der Waals surface area contributed by atoms with Gasteiger partial charge in [0.25, 0.3) is 0 Å². The molecule has 0 bridgehead atoms.